The lowest BCUT2D eigenvalue weighted by Crippen LogP contribution is -2.53. The van der Waals surface area contributed by atoms with Crippen molar-refractivity contribution >= 4 is 12.1 Å². The molecule has 1 N–H and O–H groups in total. The minimum absolute atomic E-state index is 0.252. The molecule has 0 saturated carbocycles. The number of esters is 1. The van der Waals surface area contributed by atoms with E-state index in [9.17, 15) is 9.59 Å². The van der Waals surface area contributed by atoms with Crippen molar-refractivity contribution in [3.63, 3.8) is 0 Å². The maximum atomic E-state index is 12.3. The monoisotopic (exact) mass is 393 g/mol. The number of aryl methyl sites for hydroxylation is 1. The fourth-order valence-electron chi connectivity index (χ4n) is 2.82. The lowest BCUT2D eigenvalue weighted by molar-refractivity contribution is -0.150. The zero-order chi connectivity index (χ0) is 20.8. The van der Waals surface area contributed by atoms with E-state index in [-0.39, 0.29) is 6.61 Å². The molecule has 1 aromatic rings. The van der Waals surface area contributed by atoms with Crippen LogP contribution in [0.4, 0.5) is 4.79 Å². The van der Waals surface area contributed by atoms with Crippen molar-refractivity contribution in [2.75, 3.05) is 20.3 Å². The Bertz CT molecular complexity index is 587. The molecule has 1 unspecified atom stereocenters. The first-order valence-corrected chi connectivity index (χ1v) is 10.2. The van der Waals surface area contributed by atoms with Crippen LogP contribution in [0.15, 0.2) is 24.3 Å². The van der Waals surface area contributed by atoms with Crippen LogP contribution < -0.4 is 10.1 Å². The molecule has 1 rings (SSSR count). The summed E-state index contributed by atoms with van der Waals surface area (Å²) in [5.74, 6) is 0.378. The summed E-state index contributed by atoms with van der Waals surface area (Å²) < 4.78 is 15.5. The predicted octanol–water partition coefficient (Wildman–Crippen LogP) is 4.65. The topological polar surface area (TPSA) is 73.9 Å². The van der Waals surface area contributed by atoms with E-state index in [1.165, 1.54) is 32.8 Å². The largest absolute Gasteiger partial charge is 0.494 e. The normalized spacial score (nSPS) is 12.7. The van der Waals surface area contributed by atoms with Gasteiger partial charge in [0.1, 0.15) is 11.3 Å². The zero-order valence-corrected chi connectivity index (χ0v) is 17.7. The Labute approximate surface area is 168 Å². The number of carbonyl (C=O) groups is 2. The summed E-state index contributed by atoms with van der Waals surface area (Å²) in [6.07, 6.45) is 6.41. The third-order valence-corrected chi connectivity index (χ3v) is 4.64. The van der Waals surface area contributed by atoms with Crippen LogP contribution in [0.1, 0.15) is 64.9 Å². The molecule has 0 aliphatic carbocycles. The summed E-state index contributed by atoms with van der Waals surface area (Å²) in [5.41, 5.74) is -0.0889. The Hall–Kier alpha value is -2.24. The number of carbonyl (C=O) groups excluding carboxylic acids is 2. The van der Waals surface area contributed by atoms with Gasteiger partial charge in [0.2, 0.25) is 0 Å². The maximum absolute atomic E-state index is 12.3. The van der Waals surface area contributed by atoms with Crippen LogP contribution in [0.5, 0.6) is 5.75 Å². The van der Waals surface area contributed by atoms with Crippen molar-refractivity contribution in [2.24, 2.45) is 0 Å². The molecule has 6 heteroatoms. The molecular formula is C22H35NO5. The van der Waals surface area contributed by atoms with Gasteiger partial charge in [0, 0.05) is 0 Å². The van der Waals surface area contributed by atoms with Crippen LogP contribution in [0, 0.1) is 0 Å². The van der Waals surface area contributed by atoms with Gasteiger partial charge in [0.25, 0.3) is 0 Å². The van der Waals surface area contributed by atoms with Gasteiger partial charge in [-0.2, -0.15) is 0 Å². The first-order valence-electron chi connectivity index (χ1n) is 10.2. The molecule has 1 aromatic carbocycles. The summed E-state index contributed by atoms with van der Waals surface area (Å²) in [6, 6.07) is 7.85. The first-order chi connectivity index (χ1) is 13.4. The number of ether oxygens (including phenoxy) is 3. The van der Waals surface area contributed by atoms with E-state index in [0.717, 1.165) is 24.3 Å². The zero-order valence-electron chi connectivity index (χ0n) is 17.7. The van der Waals surface area contributed by atoms with E-state index in [1.54, 1.807) is 13.8 Å². The Balaban J connectivity index is 2.54. The van der Waals surface area contributed by atoms with Gasteiger partial charge in [-0.25, -0.2) is 9.59 Å². The van der Waals surface area contributed by atoms with Crippen molar-refractivity contribution in [3.05, 3.63) is 29.8 Å². The predicted molar refractivity (Wildman–Crippen MR) is 110 cm³/mol. The Morgan fingerprint density at radius 1 is 1.04 bits per heavy atom. The van der Waals surface area contributed by atoms with Gasteiger partial charge in [0.05, 0.1) is 20.3 Å². The first kappa shape index (κ1) is 23.8. The second-order valence-corrected chi connectivity index (χ2v) is 7.08. The van der Waals surface area contributed by atoms with Crippen LogP contribution in [0.3, 0.4) is 0 Å². The second-order valence-electron chi connectivity index (χ2n) is 7.08. The highest BCUT2D eigenvalue weighted by atomic mass is 16.5. The van der Waals surface area contributed by atoms with Gasteiger partial charge in [-0.1, -0.05) is 44.7 Å². The molecule has 158 valence electrons. The molecular weight excluding hydrogens is 358 g/mol. The molecule has 0 fully saturated rings. The molecule has 6 nitrogen and oxygen atoms in total. The molecule has 0 aromatic heterocycles. The molecule has 1 atom stereocenters. The highest BCUT2D eigenvalue weighted by Gasteiger charge is 2.36. The Kier molecular flexibility index (Phi) is 11.1. The SMILES string of the molecule is CCCCCCCOc1ccc(CCC(C)(NC(=O)OC)C(=O)OCC)cc1. The number of alkyl carbamates (subject to hydrolysis) is 1. The minimum Gasteiger partial charge on any atom is -0.494 e. The number of hydrogen-bond acceptors (Lipinski definition) is 5. The molecule has 28 heavy (non-hydrogen) atoms. The molecule has 0 radical (unpaired) electrons. The van der Waals surface area contributed by atoms with Crippen LogP contribution >= 0.6 is 0 Å². The van der Waals surface area contributed by atoms with Crippen molar-refractivity contribution in [2.45, 2.75) is 71.3 Å². The highest BCUT2D eigenvalue weighted by Crippen LogP contribution is 2.19. The van der Waals surface area contributed by atoms with Gasteiger partial charge < -0.3 is 19.5 Å². The smallest absolute Gasteiger partial charge is 0.407 e. The van der Waals surface area contributed by atoms with Gasteiger partial charge in [0.15, 0.2) is 0 Å². The Morgan fingerprint density at radius 2 is 1.71 bits per heavy atom. The third kappa shape index (κ3) is 8.63. The number of amides is 1. The van der Waals surface area contributed by atoms with E-state index < -0.39 is 17.6 Å². The van der Waals surface area contributed by atoms with Crippen LogP contribution in [-0.2, 0) is 20.7 Å². The van der Waals surface area contributed by atoms with Crippen LogP contribution in [0.25, 0.3) is 0 Å². The van der Waals surface area contributed by atoms with Gasteiger partial charge >= 0.3 is 12.1 Å². The minimum atomic E-state index is -1.14. The van der Waals surface area contributed by atoms with E-state index in [1.807, 2.05) is 24.3 Å². The van der Waals surface area contributed by atoms with E-state index in [2.05, 4.69) is 17.0 Å². The molecule has 0 aliphatic rings. The summed E-state index contributed by atoms with van der Waals surface area (Å²) in [6.45, 7) is 6.57. The fraction of sp³-hybridized carbons (Fsp3) is 0.636. The number of nitrogens with one attached hydrogen (secondary N) is 1. The van der Waals surface area contributed by atoms with Crippen LogP contribution in [0.2, 0.25) is 0 Å². The van der Waals surface area contributed by atoms with Crippen molar-refractivity contribution in [1.82, 2.24) is 5.32 Å². The number of hydrogen-bond donors (Lipinski definition) is 1. The second kappa shape index (κ2) is 13.0. The van der Waals surface area contributed by atoms with Gasteiger partial charge in [-0.15, -0.1) is 0 Å². The maximum Gasteiger partial charge on any atom is 0.407 e. The summed E-state index contributed by atoms with van der Waals surface area (Å²) >= 11 is 0. The summed E-state index contributed by atoms with van der Waals surface area (Å²) in [7, 11) is 1.27. The van der Waals surface area contributed by atoms with Crippen molar-refractivity contribution < 1.29 is 23.8 Å². The Morgan fingerprint density at radius 3 is 2.32 bits per heavy atom. The van der Waals surface area contributed by atoms with E-state index in [4.69, 9.17) is 9.47 Å². The molecule has 0 aliphatic heterocycles. The molecule has 0 heterocycles. The lowest BCUT2D eigenvalue weighted by Gasteiger charge is -2.27. The van der Waals surface area contributed by atoms with E-state index >= 15 is 0 Å². The summed E-state index contributed by atoms with van der Waals surface area (Å²) in [5, 5.41) is 2.60. The fourth-order valence-corrected chi connectivity index (χ4v) is 2.82. The molecule has 0 spiro atoms. The van der Waals surface area contributed by atoms with Crippen LogP contribution in [-0.4, -0.2) is 37.9 Å². The van der Waals surface area contributed by atoms with Crippen molar-refractivity contribution in [3.8, 4) is 5.75 Å². The quantitative estimate of drug-likeness (QED) is 0.390. The lowest BCUT2D eigenvalue weighted by atomic mass is 9.93. The summed E-state index contributed by atoms with van der Waals surface area (Å²) in [4.78, 5) is 23.9. The molecule has 1 amide bonds. The molecule has 0 bridgehead atoms. The third-order valence-electron chi connectivity index (χ3n) is 4.64. The van der Waals surface area contributed by atoms with E-state index in [0.29, 0.717) is 12.8 Å². The van der Waals surface area contributed by atoms with Crippen molar-refractivity contribution in [1.29, 1.82) is 0 Å². The number of benzene rings is 1. The highest BCUT2D eigenvalue weighted by molar-refractivity contribution is 5.85. The standard InChI is InChI=1S/C22H35NO5/c1-5-7-8-9-10-17-28-19-13-11-18(12-14-19)15-16-22(3,20(24)27-6-2)23-21(25)26-4/h11-14H,5-10,15-17H2,1-4H3,(H,23,25). The molecule has 0 saturated heterocycles. The van der Waals surface area contributed by atoms with Gasteiger partial charge in [-0.05, 0) is 50.8 Å². The average molecular weight is 394 g/mol. The number of methoxy groups -OCH3 is 1. The number of rotatable bonds is 13. The van der Waals surface area contributed by atoms with Gasteiger partial charge in [-0.3, -0.25) is 0 Å². The number of unbranched alkanes of at least 4 members (excludes halogenated alkanes) is 4. The average Bonchev–Trinajstić information content (AvgIpc) is 2.70.